The first kappa shape index (κ1) is 20.7. The Labute approximate surface area is 192 Å². The van der Waals surface area contributed by atoms with Gasteiger partial charge in [-0.05, 0) is 35.9 Å². The van der Waals surface area contributed by atoms with Crippen LogP contribution in [0.3, 0.4) is 0 Å². The molecule has 2 aliphatic heterocycles. The smallest absolute Gasteiger partial charge is 0.258 e. The minimum absolute atomic E-state index is 0.0233. The van der Waals surface area contributed by atoms with Gasteiger partial charge in [0.2, 0.25) is 0 Å². The summed E-state index contributed by atoms with van der Waals surface area (Å²) in [5.74, 6) is -0.304. The quantitative estimate of drug-likeness (QED) is 0.669. The van der Waals surface area contributed by atoms with Crippen molar-refractivity contribution in [3.8, 4) is 0 Å². The van der Waals surface area contributed by atoms with Gasteiger partial charge in [0.15, 0.2) is 0 Å². The fraction of sp³-hybridized carbons (Fsp3) is 0.429. The maximum Gasteiger partial charge on any atom is 0.258 e. The lowest BCUT2D eigenvalue weighted by atomic mass is 9.99. The van der Waals surface area contributed by atoms with Gasteiger partial charge in [-0.25, -0.2) is 9.37 Å². The molecule has 4 heterocycles. The Kier molecular flexibility index (Phi) is 5.37. The number of allylic oxidation sites excluding steroid dienone is 2. The van der Waals surface area contributed by atoms with Crippen LogP contribution in [-0.4, -0.2) is 53.4 Å². The minimum atomic E-state index is -0.463. The number of aliphatic imine (C=N–C) groups is 1. The van der Waals surface area contributed by atoms with Crippen LogP contribution < -0.4 is 0 Å². The zero-order valence-electron chi connectivity index (χ0n) is 17.1. The fourth-order valence-electron chi connectivity index (χ4n) is 4.28. The SMILES string of the molecule is CC(C)n1ncc(C(=O)N2CCc3[nH]cnc3C2CC2=NC3C(F)=CC=CC3S2)c1Br. The predicted molar refractivity (Wildman–Crippen MR) is 122 cm³/mol. The van der Waals surface area contributed by atoms with Crippen molar-refractivity contribution in [1.82, 2.24) is 24.6 Å². The van der Waals surface area contributed by atoms with Gasteiger partial charge in [0.25, 0.3) is 5.91 Å². The van der Waals surface area contributed by atoms with E-state index in [1.54, 1.807) is 35.0 Å². The molecule has 0 radical (unpaired) electrons. The van der Waals surface area contributed by atoms with E-state index in [4.69, 9.17) is 0 Å². The van der Waals surface area contributed by atoms with Gasteiger partial charge in [0, 0.05) is 31.1 Å². The first-order valence-electron chi connectivity index (χ1n) is 10.3. The van der Waals surface area contributed by atoms with Gasteiger partial charge >= 0.3 is 0 Å². The summed E-state index contributed by atoms with van der Waals surface area (Å²) >= 11 is 5.12. The van der Waals surface area contributed by atoms with Crippen molar-refractivity contribution < 1.29 is 9.18 Å². The zero-order valence-corrected chi connectivity index (χ0v) is 19.5. The molecule has 0 fully saturated rings. The standard InChI is InChI=1S/C21H22BrFN6OS/c1-11(2)29-20(22)12(9-26-29)21(30)28-7-6-14-19(25-10-24-14)15(28)8-17-27-18-13(23)4-3-5-16(18)31-17/h3-5,9-11,15-16,18H,6-8H2,1-2H3,(H,24,25). The van der Waals surface area contributed by atoms with Crippen molar-refractivity contribution >= 4 is 38.6 Å². The van der Waals surface area contributed by atoms with Crippen LogP contribution in [0, 0.1) is 0 Å². The molecular formula is C21H22BrFN6OS. The van der Waals surface area contributed by atoms with E-state index in [9.17, 15) is 9.18 Å². The van der Waals surface area contributed by atoms with Gasteiger partial charge in [0.1, 0.15) is 16.5 Å². The molecule has 31 heavy (non-hydrogen) atoms. The van der Waals surface area contributed by atoms with Crippen molar-refractivity contribution in [2.24, 2.45) is 4.99 Å². The van der Waals surface area contributed by atoms with Gasteiger partial charge in [-0.15, -0.1) is 11.8 Å². The Bertz CT molecular complexity index is 1120. The van der Waals surface area contributed by atoms with Gasteiger partial charge < -0.3 is 9.88 Å². The number of aromatic amines is 1. The second-order valence-corrected chi connectivity index (χ2v) is 10.1. The van der Waals surface area contributed by atoms with E-state index in [1.807, 2.05) is 24.8 Å². The second-order valence-electron chi connectivity index (χ2n) is 8.11. The van der Waals surface area contributed by atoms with Crippen LogP contribution in [0.5, 0.6) is 0 Å². The highest BCUT2D eigenvalue weighted by atomic mass is 79.9. The summed E-state index contributed by atoms with van der Waals surface area (Å²) in [4.78, 5) is 27.8. The first-order chi connectivity index (χ1) is 14.9. The number of carbonyl (C=O) groups is 1. The summed E-state index contributed by atoms with van der Waals surface area (Å²) in [7, 11) is 0. The molecule has 1 N–H and O–H groups in total. The summed E-state index contributed by atoms with van der Waals surface area (Å²) in [5, 5.41) is 5.19. The number of H-pyrrole nitrogens is 1. The van der Waals surface area contributed by atoms with Gasteiger partial charge in [-0.3, -0.25) is 14.5 Å². The third-order valence-electron chi connectivity index (χ3n) is 5.83. The van der Waals surface area contributed by atoms with Crippen molar-refractivity contribution in [3.05, 3.63) is 58.1 Å². The van der Waals surface area contributed by atoms with E-state index in [2.05, 4.69) is 36.0 Å². The van der Waals surface area contributed by atoms with E-state index in [0.717, 1.165) is 16.4 Å². The number of fused-ring (bicyclic) bond motifs is 2. The van der Waals surface area contributed by atoms with Crippen LogP contribution in [0.1, 0.15) is 54.1 Å². The van der Waals surface area contributed by atoms with Gasteiger partial charge in [0.05, 0.1) is 40.1 Å². The van der Waals surface area contributed by atoms with Crippen LogP contribution in [0.4, 0.5) is 4.39 Å². The van der Waals surface area contributed by atoms with Crippen LogP contribution in [-0.2, 0) is 6.42 Å². The summed E-state index contributed by atoms with van der Waals surface area (Å²) in [6.07, 6.45) is 9.71. The van der Waals surface area contributed by atoms with E-state index in [-0.39, 0.29) is 29.1 Å². The lowest BCUT2D eigenvalue weighted by molar-refractivity contribution is 0.0661. The van der Waals surface area contributed by atoms with Crippen molar-refractivity contribution in [1.29, 1.82) is 0 Å². The average Bonchev–Trinajstić information content (AvgIpc) is 3.46. The molecule has 0 bridgehead atoms. The van der Waals surface area contributed by atoms with E-state index < -0.39 is 6.04 Å². The number of nitrogens with one attached hydrogen (secondary N) is 1. The third kappa shape index (κ3) is 3.59. The number of amides is 1. The highest BCUT2D eigenvalue weighted by molar-refractivity contribution is 9.10. The number of thioether (sulfide) groups is 1. The lowest BCUT2D eigenvalue weighted by Crippen LogP contribution is -2.41. The molecule has 1 aliphatic carbocycles. The van der Waals surface area contributed by atoms with Crippen LogP contribution >= 0.6 is 27.7 Å². The van der Waals surface area contributed by atoms with Crippen molar-refractivity contribution in [2.75, 3.05) is 6.54 Å². The number of aromatic nitrogens is 4. The summed E-state index contributed by atoms with van der Waals surface area (Å²) < 4.78 is 16.7. The second kappa shape index (κ2) is 8.05. The molecule has 3 atom stereocenters. The largest absolute Gasteiger partial charge is 0.348 e. The molecule has 2 aromatic rings. The molecule has 3 aliphatic rings. The molecule has 0 saturated heterocycles. The molecule has 0 aromatic carbocycles. The lowest BCUT2D eigenvalue weighted by Gasteiger charge is -2.35. The maximum absolute atomic E-state index is 14.2. The Morgan fingerprint density at radius 2 is 2.29 bits per heavy atom. The minimum Gasteiger partial charge on any atom is -0.348 e. The Balaban J connectivity index is 1.45. The Morgan fingerprint density at radius 1 is 1.45 bits per heavy atom. The molecule has 0 spiro atoms. The fourth-order valence-corrected chi connectivity index (χ4v) is 6.28. The molecule has 162 valence electrons. The molecule has 5 rings (SSSR count). The number of hydrogen-bond donors (Lipinski definition) is 1. The summed E-state index contributed by atoms with van der Waals surface area (Å²) in [6, 6.07) is -0.594. The number of imidazole rings is 1. The molecular weight excluding hydrogens is 483 g/mol. The molecule has 7 nitrogen and oxygen atoms in total. The normalized spacial score (nSPS) is 24.8. The predicted octanol–water partition coefficient (Wildman–Crippen LogP) is 4.39. The molecule has 2 aromatic heterocycles. The highest BCUT2D eigenvalue weighted by Crippen LogP contribution is 2.40. The highest BCUT2D eigenvalue weighted by Gasteiger charge is 2.39. The molecule has 0 saturated carbocycles. The Morgan fingerprint density at radius 3 is 3.03 bits per heavy atom. The first-order valence-corrected chi connectivity index (χ1v) is 11.9. The molecule has 10 heteroatoms. The number of nitrogens with zero attached hydrogens (tertiary/aromatic N) is 5. The van der Waals surface area contributed by atoms with Gasteiger partial charge in [-0.1, -0.05) is 12.2 Å². The molecule has 1 amide bonds. The monoisotopic (exact) mass is 504 g/mol. The summed E-state index contributed by atoms with van der Waals surface area (Å²) in [6.45, 7) is 4.60. The van der Waals surface area contributed by atoms with Crippen molar-refractivity contribution in [2.45, 2.75) is 50.1 Å². The van der Waals surface area contributed by atoms with Crippen LogP contribution in [0.25, 0.3) is 0 Å². The van der Waals surface area contributed by atoms with E-state index in [0.29, 0.717) is 29.6 Å². The number of halogens is 2. The van der Waals surface area contributed by atoms with E-state index in [1.165, 1.54) is 6.08 Å². The Hall–Kier alpha value is -2.20. The van der Waals surface area contributed by atoms with Gasteiger partial charge in [-0.2, -0.15) is 5.10 Å². The van der Waals surface area contributed by atoms with Crippen molar-refractivity contribution in [3.63, 3.8) is 0 Å². The van der Waals surface area contributed by atoms with Crippen LogP contribution in [0.2, 0.25) is 0 Å². The van der Waals surface area contributed by atoms with Crippen LogP contribution in [0.15, 0.2) is 46.2 Å². The average molecular weight is 505 g/mol. The topological polar surface area (TPSA) is 79.2 Å². The number of rotatable bonds is 4. The van der Waals surface area contributed by atoms with E-state index >= 15 is 0 Å². The molecule has 3 unspecified atom stereocenters. The number of carbonyl (C=O) groups excluding carboxylic acids is 1. The zero-order chi connectivity index (χ0) is 21.7. The number of hydrogen-bond acceptors (Lipinski definition) is 5. The summed E-state index contributed by atoms with van der Waals surface area (Å²) in [5.41, 5.74) is 2.43. The maximum atomic E-state index is 14.2. The third-order valence-corrected chi connectivity index (χ3v) is 7.86.